The average Bonchev–Trinajstić information content (AvgIpc) is 2.93. The third-order valence-corrected chi connectivity index (χ3v) is 7.39. The number of carbonyl (C=O) groups excluding carboxylic acids is 2. The van der Waals surface area contributed by atoms with Crippen LogP contribution in [0.25, 0.3) is 0 Å². The normalized spacial score (nSPS) is 11.9. The third kappa shape index (κ3) is 8.08. The van der Waals surface area contributed by atoms with Crippen LogP contribution in [0.4, 0.5) is 5.69 Å². The summed E-state index contributed by atoms with van der Waals surface area (Å²) in [6.07, 6.45) is 1.86. The Labute approximate surface area is 225 Å². The van der Waals surface area contributed by atoms with Crippen LogP contribution in [0.1, 0.15) is 24.0 Å². The number of nitrogens with zero attached hydrogens (tertiary/aromatic N) is 2. The van der Waals surface area contributed by atoms with Crippen LogP contribution in [0.15, 0.2) is 84.9 Å². The number of likely N-dealkylation sites (N-methyl/N-ethyl adjacent to an activating group) is 1. The molecule has 0 aliphatic heterocycles. The maximum absolute atomic E-state index is 13.7. The summed E-state index contributed by atoms with van der Waals surface area (Å²) in [5, 5.41) is 2.70. The Hall–Kier alpha value is -3.85. The predicted molar refractivity (Wildman–Crippen MR) is 149 cm³/mol. The summed E-state index contributed by atoms with van der Waals surface area (Å²) in [4.78, 5) is 28.3. The molecule has 0 aliphatic carbocycles. The lowest BCUT2D eigenvalue weighted by Crippen LogP contribution is -2.49. The molecule has 1 N–H and O–H groups in total. The molecule has 3 aromatic carbocycles. The maximum atomic E-state index is 13.7. The van der Waals surface area contributed by atoms with E-state index in [4.69, 9.17) is 4.74 Å². The molecule has 9 heteroatoms. The van der Waals surface area contributed by atoms with Gasteiger partial charge in [0.1, 0.15) is 11.8 Å². The summed E-state index contributed by atoms with van der Waals surface area (Å²) in [5.74, 6) is 0.145. The largest absolute Gasteiger partial charge is 0.497 e. The van der Waals surface area contributed by atoms with Crippen molar-refractivity contribution < 1.29 is 22.7 Å². The lowest BCUT2D eigenvalue weighted by Gasteiger charge is -2.31. The van der Waals surface area contributed by atoms with Crippen molar-refractivity contribution in [2.24, 2.45) is 0 Å². The van der Waals surface area contributed by atoms with Gasteiger partial charge < -0.3 is 15.0 Å². The Morgan fingerprint density at radius 1 is 0.921 bits per heavy atom. The molecule has 2 amide bonds. The number of nitrogens with one attached hydrogen (secondary N) is 1. The summed E-state index contributed by atoms with van der Waals surface area (Å²) in [6, 6.07) is 25.0. The lowest BCUT2D eigenvalue weighted by molar-refractivity contribution is -0.141. The molecule has 38 heavy (non-hydrogen) atoms. The van der Waals surface area contributed by atoms with E-state index in [1.54, 1.807) is 43.3 Å². The van der Waals surface area contributed by atoms with Crippen LogP contribution in [-0.2, 0) is 32.6 Å². The molecule has 202 valence electrons. The molecule has 0 aliphatic rings. The van der Waals surface area contributed by atoms with Crippen LogP contribution in [-0.4, -0.2) is 58.1 Å². The second-order valence-electron chi connectivity index (χ2n) is 8.97. The zero-order chi connectivity index (χ0) is 27.5. The minimum absolute atomic E-state index is 0.0745. The van der Waals surface area contributed by atoms with E-state index < -0.39 is 16.1 Å². The van der Waals surface area contributed by atoms with Crippen LogP contribution >= 0.6 is 0 Å². The van der Waals surface area contributed by atoms with Gasteiger partial charge in [0.05, 0.1) is 19.1 Å². The Bertz CT molecular complexity index is 1300. The zero-order valence-corrected chi connectivity index (χ0v) is 22.9. The van der Waals surface area contributed by atoms with Gasteiger partial charge >= 0.3 is 0 Å². The minimum Gasteiger partial charge on any atom is -0.497 e. The molecule has 3 rings (SSSR count). The molecule has 0 saturated heterocycles. The van der Waals surface area contributed by atoms with E-state index in [1.807, 2.05) is 60.7 Å². The van der Waals surface area contributed by atoms with Crippen molar-refractivity contribution in [1.29, 1.82) is 0 Å². The first-order valence-electron chi connectivity index (χ1n) is 12.4. The number of sulfonamides is 1. The first kappa shape index (κ1) is 28.7. The fourth-order valence-electron chi connectivity index (χ4n) is 4.29. The molecule has 0 bridgehead atoms. The molecule has 0 saturated carbocycles. The smallest absolute Gasteiger partial charge is 0.242 e. The van der Waals surface area contributed by atoms with Crippen LogP contribution < -0.4 is 14.4 Å². The van der Waals surface area contributed by atoms with Crippen molar-refractivity contribution in [3.8, 4) is 5.75 Å². The number of ether oxygens (including phenoxy) is 1. The molecular formula is C29H35N3O5S. The predicted octanol–water partition coefficient (Wildman–Crippen LogP) is 3.63. The second kappa shape index (κ2) is 13.6. The molecule has 0 fully saturated rings. The molecule has 8 nitrogen and oxygen atoms in total. The lowest BCUT2D eigenvalue weighted by atomic mass is 10.0. The SMILES string of the molecule is CNC(=O)[C@@H](Cc1ccccc1)N(Cc1cccc(OC)c1)C(=O)CCCN(c1ccccc1)S(C)(=O)=O. The fraction of sp³-hybridized carbons (Fsp3) is 0.310. The monoisotopic (exact) mass is 537 g/mol. The summed E-state index contributed by atoms with van der Waals surface area (Å²) in [5.41, 5.74) is 2.29. The quantitative estimate of drug-likeness (QED) is 0.359. The Morgan fingerprint density at radius 3 is 2.16 bits per heavy atom. The van der Waals surface area contributed by atoms with E-state index in [0.717, 1.165) is 17.4 Å². The van der Waals surface area contributed by atoms with Gasteiger partial charge in [-0.3, -0.25) is 13.9 Å². The Balaban J connectivity index is 1.85. The average molecular weight is 538 g/mol. The molecule has 0 aromatic heterocycles. The maximum Gasteiger partial charge on any atom is 0.242 e. The van der Waals surface area contributed by atoms with E-state index in [0.29, 0.717) is 24.3 Å². The van der Waals surface area contributed by atoms with Gasteiger partial charge in [-0.15, -0.1) is 0 Å². The standard InChI is InChI=1S/C29H35N3O5S/c1-30-29(34)27(21-23-12-6-4-7-13-23)31(22-24-14-10-17-26(20-24)37-2)28(33)18-11-19-32(38(3,35)36)25-15-8-5-9-16-25/h4-10,12-17,20,27H,11,18-19,21-22H2,1-3H3,(H,30,34)/t27-/m1/s1. The van der Waals surface area contributed by atoms with Crippen LogP contribution in [0.5, 0.6) is 5.75 Å². The molecule has 0 unspecified atom stereocenters. The highest BCUT2D eigenvalue weighted by molar-refractivity contribution is 7.92. The van der Waals surface area contributed by atoms with E-state index in [-0.39, 0.29) is 31.3 Å². The number of methoxy groups -OCH3 is 1. The van der Waals surface area contributed by atoms with E-state index in [2.05, 4.69) is 5.32 Å². The van der Waals surface area contributed by atoms with Gasteiger partial charge in [0.15, 0.2) is 0 Å². The number of para-hydroxylation sites is 1. The van der Waals surface area contributed by atoms with Crippen molar-refractivity contribution in [2.75, 3.05) is 31.3 Å². The molecule has 0 heterocycles. The first-order chi connectivity index (χ1) is 18.2. The number of anilines is 1. The fourth-order valence-corrected chi connectivity index (χ4v) is 5.25. The minimum atomic E-state index is -3.54. The second-order valence-corrected chi connectivity index (χ2v) is 10.9. The highest BCUT2D eigenvalue weighted by Crippen LogP contribution is 2.21. The number of hydrogen-bond donors (Lipinski definition) is 1. The highest BCUT2D eigenvalue weighted by atomic mass is 32.2. The van der Waals surface area contributed by atoms with Crippen molar-refractivity contribution in [3.63, 3.8) is 0 Å². The highest BCUT2D eigenvalue weighted by Gasteiger charge is 2.30. The van der Waals surface area contributed by atoms with Crippen LogP contribution in [0, 0.1) is 0 Å². The Kier molecular flexibility index (Phi) is 10.3. The molecule has 3 aromatic rings. The van der Waals surface area contributed by atoms with Gasteiger partial charge in [0.2, 0.25) is 21.8 Å². The molecule has 0 spiro atoms. The summed E-state index contributed by atoms with van der Waals surface area (Å²) >= 11 is 0. The Morgan fingerprint density at radius 2 is 1.55 bits per heavy atom. The van der Waals surface area contributed by atoms with Gasteiger partial charge in [-0.25, -0.2) is 8.42 Å². The van der Waals surface area contributed by atoms with Gasteiger partial charge in [0, 0.05) is 33.0 Å². The van der Waals surface area contributed by atoms with Crippen molar-refractivity contribution in [2.45, 2.75) is 31.8 Å². The van der Waals surface area contributed by atoms with E-state index in [1.165, 1.54) is 4.31 Å². The van der Waals surface area contributed by atoms with Crippen molar-refractivity contribution in [3.05, 3.63) is 96.1 Å². The number of amides is 2. The van der Waals surface area contributed by atoms with Crippen LogP contribution in [0.3, 0.4) is 0 Å². The molecule has 0 radical (unpaired) electrons. The van der Waals surface area contributed by atoms with E-state index >= 15 is 0 Å². The first-order valence-corrected chi connectivity index (χ1v) is 14.3. The van der Waals surface area contributed by atoms with Crippen molar-refractivity contribution >= 4 is 27.5 Å². The van der Waals surface area contributed by atoms with Crippen molar-refractivity contribution in [1.82, 2.24) is 10.2 Å². The van der Waals surface area contributed by atoms with Crippen LogP contribution in [0.2, 0.25) is 0 Å². The third-order valence-electron chi connectivity index (χ3n) is 6.20. The van der Waals surface area contributed by atoms with Gasteiger partial charge in [-0.2, -0.15) is 0 Å². The molecular weight excluding hydrogens is 502 g/mol. The summed E-state index contributed by atoms with van der Waals surface area (Å²) in [6.45, 7) is 0.348. The zero-order valence-electron chi connectivity index (χ0n) is 22.0. The molecule has 1 atom stereocenters. The number of carbonyl (C=O) groups is 2. The number of hydrogen-bond acceptors (Lipinski definition) is 5. The van der Waals surface area contributed by atoms with Gasteiger partial charge in [-0.1, -0.05) is 60.7 Å². The topological polar surface area (TPSA) is 96.0 Å². The number of rotatable bonds is 13. The van der Waals surface area contributed by atoms with E-state index in [9.17, 15) is 18.0 Å². The summed E-state index contributed by atoms with van der Waals surface area (Å²) < 4.78 is 31.5. The number of benzene rings is 3. The van der Waals surface area contributed by atoms with Gasteiger partial charge in [-0.05, 0) is 41.8 Å². The summed E-state index contributed by atoms with van der Waals surface area (Å²) in [7, 11) is -0.408. The van der Waals surface area contributed by atoms with Gasteiger partial charge in [0.25, 0.3) is 0 Å².